The summed E-state index contributed by atoms with van der Waals surface area (Å²) in [6.45, 7) is 10.4. The maximum absolute atomic E-state index is 8.51. The number of rotatable bonds is 4. The standard InChI is InChI=1S/C35H32N4.C6H11N/c1-22(12-11-21-36)32(37)39-33(38)24-14-10-20-30-31(24)23-13-4-5-15-25(23)35(30)28-18-8-6-16-26(28)34(2,3)27-17-7-9-19-29(27)35;1-3-4-6(2)5-7/h4-21H,36H2,1-3H3,(H3,37,38,39);3-5H,7H2,1-2H3/b21-11-,22-12+;4-3-,6-5-. The van der Waals surface area contributed by atoms with Gasteiger partial charge >= 0.3 is 0 Å². The van der Waals surface area contributed by atoms with Crippen molar-refractivity contribution in [2.24, 2.45) is 22.2 Å². The van der Waals surface area contributed by atoms with Crippen LogP contribution < -0.4 is 17.2 Å². The Morgan fingerprint density at radius 3 is 1.83 bits per heavy atom. The summed E-state index contributed by atoms with van der Waals surface area (Å²) in [5.41, 5.74) is 29.2. The van der Waals surface area contributed by atoms with Crippen LogP contribution in [0.4, 0.5) is 0 Å². The highest BCUT2D eigenvalue weighted by Crippen LogP contribution is 2.62. The maximum Gasteiger partial charge on any atom is 0.149 e. The molecule has 4 aromatic carbocycles. The second-order valence-electron chi connectivity index (χ2n) is 12.2. The lowest BCUT2D eigenvalue weighted by Gasteiger charge is -2.46. The smallest absolute Gasteiger partial charge is 0.149 e. The van der Waals surface area contributed by atoms with Gasteiger partial charge in [-0.2, -0.15) is 0 Å². The molecule has 0 fully saturated rings. The number of nitrogens with zero attached hydrogens (tertiary/aromatic N) is 1. The highest BCUT2D eigenvalue weighted by Gasteiger charge is 2.53. The number of hydrogen-bond donors (Lipinski definition) is 4. The molecule has 232 valence electrons. The molecule has 0 heterocycles. The summed E-state index contributed by atoms with van der Waals surface area (Å²) in [5, 5.41) is 8.51. The van der Waals surface area contributed by atoms with Crippen LogP contribution in [0.1, 0.15) is 73.6 Å². The first-order valence-corrected chi connectivity index (χ1v) is 15.6. The van der Waals surface area contributed by atoms with Crippen molar-refractivity contribution in [2.45, 2.75) is 45.4 Å². The molecule has 1 spiro atoms. The normalized spacial score (nSPS) is 16.0. The zero-order valence-corrected chi connectivity index (χ0v) is 27.3. The van der Waals surface area contributed by atoms with Crippen LogP contribution in [0.2, 0.25) is 0 Å². The van der Waals surface area contributed by atoms with Gasteiger partial charge in [0, 0.05) is 11.0 Å². The van der Waals surface area contributed by atoms with Crippen molar-refractivity contribution >= 4 is 11.7 Å². The molecule has 0 unspecified atom stereocenters. The average Bonchev–Trinajstić information content (AvgIpc) is 3.38. The van der Waals surface area contributed by atoms with Gasteiger partial charge in [0.25, 0.3) is 0 Å². The molecule has 0 atom stereocenters. The first-order valence-electron chi connectivity index (χ1n) is 15.6. The SMILES string of the molecule is C/C(=C\C=C/N)C(=N)N=C(N)c1cccc2c1-c1ccccc1C21c2ccccc2C(C)(C)c2ccccc21.C/C=C\C(C)=C/N. The molecule has 2 aliphatic carbocycles. The van der Waals surface area contributed by atoms with Crippen molar-refractivity contribution in [1.82, 2.24) is 0 Å². The Kier molecular flexibility index (Phi) is 8.97. The Morgan fingerprint density at radius 2 is 1.28 bits per heavy atom. The Balaban J connectivity index is 0.000000537. The minimum atomic E-state index is -0.486. The number of hydrogen-bond acceptors (Lipinski definition) is 3. The molecule has 0 aliphatic heterocycles. The van der Waals surface area contributed by atoms with E-state index in [9.17, 15) is 0 Å². The predicted molar refractivity (Wildman–Crippen MR) is 194 cm³/mol. The summed E-state index contributed by atoms with van der Waals surface area (Å²) < 4.78 is 0. The lowest BCUT2D eigenvalue weighted by molar-refractivity contribution is 0.563. The average molecular weight is 606 g/mol. The van der Waals surface area contributed by atoms with Crippen molar-refractivity contribution in [3.8, 4) is 11.1 Å². The Labute approximate surface area is 273 Å². The van der Waals surface area contributed by atoms with Crippen LogP contribution in [0, 0.1) is 5.41 Å². The van der Waals surface area contributed by atoms with Crippen LogP contribution in [0.5, 0.6) is 0 Å². The van der Waals surface area contributed by atoms with E-state index in [2.05, 4.69) is 104 Å². The quantitative estimate of drug-likeness (QED) is 0.0940. The lowest BCUT2D eigenvalue weighted by atomic mass is 9.55. The van der Waals surface area contributed by atoms with Crippen LogP contribution in [-0.4, -0.2) is 11.7 Å². The molecule has 4 aromatic rings. The minimum Gasteiger partial charge on any atom is -0.405 e. The number of allylic oxidation sites excluding steroid dienone is 5. The summed E-state index contributed by atoms with van der Waals surface area (Å²) in [4.78, 5) is 4.53. The largest absolute Gasteiger partial charge is 0.405 e. The van der Waals surface area contributed by atoms with E-state index in [0.29, 0.717) is 11.4 Å². The van der Waals surface area contributed by atoms with E-state index in [1.54, 1.807) is 18.4 Å². The molecule has 2 aliphatic rings. The Bertz CT molecular complexity index is 1900. The monoisotopic (exact) mass is 605 g/mol. The van der Waals surface area contributed by atoms with Gasteiger partial charge in [-0.1, -0.05) is 123 Å². The van der Waals surface area contributed by atoms with E-state index < -0.39 is 5.41 Å². The number of aliphatic imine (C=N–C) groups is 1. The number of nitrogens with one attached hydrogen (secondary N) is 1. The third-order valence-corrected chi connectivity index (χ3v) is 9.11. The van der Waals surface area contributed by atoms with Gasteiger partial charge in [0.1, 0.15) is 11.7 Å². The molecule has 0 radical (unpaired) electrons. The molecular formula is C41H43N5. The van der Waals surface area contributed by atoms with Crippen molar-refractivity contribution < 1.29 is 0 Å². The molecule has 0 saturated carbocycles. The van der Waals surface area contributed by atoms with Gasteiger partial charge in [-0.15, -0.1) is 0 Å². The van der Waals surface area contributed by atoms with Gasteiger partial charge in [-0.25, -0.2) is 4.99 Å². The molecule has 0 aromatic heterocycles. The van der Waals surface area contributed by atoms with Gasteiger partial charge in [-0.3, -0.25) is 5.41 Å². The topological polar surface area (TPSA) is 114 Å². The lowest BCUT2D eigenvalue weighted by Crippen LogP contribution is -2.40. The van der Waals surface area contributed by atoms with Gasteiger partial charge in [-0.05, 0) is 94.9 Å². The van der Waals surface area contributed by atoms with Gasteiger partial charge < -0.3 is 17.2 Å². The van der Waals surface area contributed by atoms with Crippen molar-refractivity contribution in [3.05, 3.63) is 178 Å². The molecule has 7 N–H and O–H groups in total. The molecule has 5 nitrogen and oxygen atoms in total. The summed E-state index contributed by atoms with van der Waals surface area (Å²) in [6.07, 6.45) is 10.4. The maximum atomic E-state index is 8.51. The molecule has 5 heteroatoms. The fraction of sp³-hybridized carbons (Fsp3) is 0.171. The van der Waals surface area contributed by atoms with E-state index in [4.69, 9.17) is 22.6 Å². The van der Waals surface area contributed by atoms with Crippen molar-refractivity contribution in [3.63, 3.8) is 0 Å². The number of fused-ring (bicyclic) bond motifs is 9. The van der Waals surface area contributed by atoms with Gasteiger partial charge in [0.2, 0.25) is 0 Å². The van der Waals surface area contributed by atoms with E-state index in [1.807, 2.05) is 39.0 Å². The van der Waals surface area contributed by atoms with Crippen LogP contribution >= 0.6 is 0 Å². The van der Waals surface area contributed by atoms with E-state index >= 15 is 0 Å². The molecule has 0 amide bonds. The van der Waals surface area contributed by atoms with Crippen molar-refractivity contribution in [1.29, 1.82) is 5.41 Å². The van der Waals surface area contributed by atoms with Gasteiger partial charge in [0.15, 0.2) is 0 Å². The van der Waals surface area contributed by atoms with Crippen LogP contribution in [0.25, 0.3) is 11.1 Å². The first-order chi connectivity index (χ1) is 22.1. The zero-order chi connectivity index (χ0) is 33.1. The van der Waals surface area contributed by atoms with Crippen LogP contribution in [0.15, 0.2) is 144 Å². The van der Waals surface area contributed by atoms with Gasteiger partial charge in [0.05, 0.1) is 5.41 Å². The van der Waals surface area contributed by atoms with Crippen LogP contribution in [0.3, 0.4) is 0 Å². The molecular weight excluding hydrogens is 562 g/mol. The molecule has 6 rings (SSSR count). The van der Waals surface area contributed by atoms with E-state index in [-0.39, 0.29) is 11.3 Å². The predicted octanol–water partition coefficient (Wildman–Crippen LogP) is 8.22. The number of nitrogens with two attached hydrogens (primary N) is 3. The summed E-state index contributed by atoms with van der Waals surface area (Å²) in [6, 6.07) is 32.7. The Morgan fingerprint density at radius 1 is 0.739 bits per heavy atom. The minimum absolute atomic E-state index is 0.110. The van der Waals surface area contributed by atoms with E-state index in [0.717, 1.165) is 22.3 Å². The summed E-state index contributed by atoms with van der Waals surface area (Å²) in [5.74, 6) is 0.435. The zero-order valence-electron chi connectivity index (χ0n) is 27.3. The Hall–Kier alpha value is -5.42. The fourth-order valence-corrected chi connectivity index (χ4v) is 6.99. The third kappa shape index (κ3) is 5.18. The fourth-order valence-electron chi connectivity index (χ4n) is 6.99. The summed E-state index contributed by atoms with van der Waals surface area (Å²) in [7, 11) is 0. The number of amidine groups is 2. The third-order valence-electron chi connectivity index (χ3n) is 9.11. The highest BCUT2D eigenvalue weighted by atomic mass is 14.9. The molecule has 46 heavy (non-hydrogen) atoms. The van der Waals surface area contributed by atoms with Crippen molar-refractivity contribution in [2.75, 3.05) is 0 Å². The highest BCUT2D eigenvalue weighted by molar-refractivity contribution is 6.13. The first kappa shape index (κ1) is 32.0. The van der Waals surface area contributed by atoms with E-state index in [1.165, 1.54) is 39.6 Å². The number of benzene rings is 4. The summed E-state index contributed by atoms with van der Waals surface area (Å²) >= 11 is 0. The molecule has 0 saturated heterocycles. The second-order valence-corrected chi connectivity index (χ2v) is 12.2. The molecule has 0 bridgehead atoms. The second kappa shape index (κ2) is 12.9. The van der Waals surface area contributed by atoms with Crippen LogP contribution in [-0.2, 0) is 10.8 Å².